The molecular formula is C11H15N3OS. The quantitative estimate of drug-likeness (QED) is 0.817. The molecule has 5 heteroatoms. The number of pyridine rings is 1. The average Bonchev–Trinajstić information content (AvgIpc) is 2.74. The van der Waals surface area contributed by atoms with E-state index in [1.807, 2.05) is 11.8 Å². The average molecular weight is 237 g/mol. The lowest BCUT2D eigenvalue weighted by molar-refractivity contribution is -0.121. The molecule has 0 aromatic carbocycles. The number of nitrogens with one attached hydrogen (secondary N) is 1. The summed E-state index contributed by atoms with van der Waals surface area (Å²) in [5.74, 6) is 2.22. The Labute approximate surface area is 99.0 Å². The van der Waals surface area contributed by atoms with E-state index in [4.69, 9.17) is 5.73 Å². The second kappa shape index (κ2) is 5.21. The van der Waals surface area contributed by atoms with Crippen molar-refractivity contribution >= 4 is 23.4 Å². The van der Waals surface area contributed by atoms with Crippen molar-refractivity contribution in [3.63, 3.8) is 0 Å². The number of carbonyl (C=O) groups excluding carboxylic acids is 1. The lowest BCUT2D eigenvalue weighted by atomic mass is 10.2. The maximum atomic E-state index is 11.7. The largest absolute Gasteiger partial charge is 0.397 e. The molecule has 0 spiro atoms. The van der Waals surface area contributed by atoms with E-state index in [-0.39, 0.29) is 5.91 Å². The van der Waals surface area contributed by atoms with Crippen molar-refractivity contribution in [3.8, 4) is 0 Å². The van der Waals surface area contributed by atoms with Gasteiger partial charge in [0.05, 0.1) is 18.3 Å². The molecule has 1 amide bonds. The third-order valence-corrected chi connectivity index (χ3v) is 3.65. The van der Waals surface area contributed by atoms with Crippen molar-refractivity contribution < 1.29 is 4.79 Å². The third-order valence-electron chi connectivity index (χ3n) is 2.48. The number of hydrogen-bond acceptors (Lipinski definition) is 4. The minimum Gasteiger partial charge on any atom is -0.397 e. The summed E-state index contributed by atoms with van der Waals surface area (Å²) in [6.45, 7) is 0. The number of nitrogen functional groups attached to an aromatic ring is 1. The van der Waals surface area contributed by atoms with Crippen LogP contribution in [0.2, 0.25) is 0 Å². The Hall–Kier alpha value is -1.23. The Bertz CT molecular complexity index is 360. The predicted molar refractivity (Wildman–Crippen MR) is 66.2 cm³/mol. The van der Waals surface area contributed by atoms with Crippen LogP contribution in [0.1, 0.15) is 12.1 Å². The van der Waals surface area contributed by atoms with E-state index in [9.17, 15) is 4.79 Å². The second-order valence-electron chi connectivity index (χ2n) is 3.89. The SMILES string of the molecule is Nc1ccc(CC(=O)NC2CCSC2)nc1. The van der Waals surface area contributed by atoms with Gasteiger partial charge in [0.25, 0.3) is 0 Å². The highest BCUT2D eigenvalue weighted by atomic mass is 32.2. The van der Waals surface area contributed by atoms with Gasteiger partial charge in [0.2, 0.25) is 5.91 Å². The first-order valence-electron chi connectivity index (χ1n) is 5.31. The number of rotatable bonds is 3. The molecule has 2 heterocycles. The fourth-order valence-electron chi connectivity index (χ4n) is 1.63. The molecule has 1 fully saturated rings. The van der Waals surface area contributed by atoms with Crippen LogP contribution < -0.4 is 11.1 Å². The molecule has 1 aromatic rings. The summed E-state index contributed by atoms with van der Waals surface area (Å²) in [6, 6.07) is 3.89. The van der Waals surface area contributed by atoms with Gasteiger partial charge in [-0.3, -0.25) is 9.78 Å². The van der Waals surface area contributed by atoms with Crippen molar-refractivity contribution in [3.05, 3.63) is 24.0 Å². The smallest absolute Gasteiger partial charge is 0.226 e. The van der Waals surface area contributed by atoms with Crippen LogP contribution in [0.4, 0.5) is 5.69 Å². The zero-order valence-electron chi connectivity index (χ0n) is 8.98. The first-order chi connectivity index (χ1) is 7.74. The summed E-state index contributed by atoms with van der Waals surface area (Å²) in [5.41, 5.74) is 6.91. The Balaban J connectivity index is 1.84. The molecule has 0 aliphatic carbocycles. The van der Waals surface area contributed by atoms with E-state index in [1.165, 1.54) is 0 Å². The van der Waals surface area contributed by atoms with Crippen LogP contribution in [0, 0.1) is 0 Å². The maximum absolute atomic E-state index is 11.7. The van der Waals surface area contributed by atoms with Gasteiger partial charge in [-0.2, -0.15) is 11.8 Å². The van der Waals surface area contributed by atoms with Gasteiger partial charge < -0.3 is 11.1 Å². The zero-order chi connectivity index (χ0) is 11.4. The summed E-state index contributed by atoms with van der Waals surface area (Å²) >= 11 is 1.89. The lowest BCUT2D eigenvalue weighted by Gasteiger charge is -2.10. The fourth-order valence-corrected chi connectivity index (χ4v) is 2.78. The Kier molecular flexibility index (Phi) is 3.66. The highest BCUT2D eigenvalue weighted by molar-refractivity contribution is 7.99. The topological polar surface area (TPSA) is 68.0 Å². The molecule has 1 atom stereocenters. The van der Waals surface area contributed by atoms with Crippen LogP contribution in [0.3, 0.4) is 0 Å². The van der Waals surface area contributed by atoms with Crippen LogP contribution in [0.5, 0.6) is 0 Å². The first kappa shape index (κ1) is 11.3. The summed E-state index contributed by atoms with van der Waals surface area (Å²) in [6.07, 6.45) is 2.99. The molecule has 1 aliphatic heterocycles. The molecule has 1 saturated heterocycles. The molecule has 1 aromatic heterocycles. The Morgan fingerprint density at radius 2 is 2.50 bits per heavy atom. The Morgan fingerprint density at radius 1 is 1.62 bits per heavy atom. The van der Waals surface area contributed by atoms with Gasteiger partial charge in [0, 0.05) is 17.5 Å². The summed E-state index contributed by atoms with van der Waals surface area (Å²) in [5, 5.41) is 3.01. The van der Waals surface area contributed by atoms with Crippen molar-refractivity contribution in [1.82, 2.24) is 10.3 Å². The molecule has 0 saturated carbocycles. The van der Waals surface area contributed by atoms with Crippen LogP contribution in [-0.2, 0) is 11.2 Å². The molecule has 16 heavy (non-hydrogen) atoms. The number of thioether (sulfide) groups is 1. The summed E-state index contributed by atoms with van der Waals surface area (Å²) < 4.78 is 0. The minimum atomic E-state index is 0.0461. The maximum Gasteiger partial charge on any atom is 0.226 e. The number of carbonyl (C=O) groups is 1. The monoisotopic (exact) mass is 237 g/mol. The van der Waals surface area contributed by atoms with Crippen LogP contribution in [0.15, 0.2) is 18.3 Å². The molecule has 86 valence electrons. The van der Waals surface area contributed by atoms with Gasteiger partial charge in [-0.15, -0.1) is 0 Å². The summed E-state index contributed by atoms with van der Waals surface area (Å²) in [4.78, 5) is 15.8. The number of aromatic nitrogens is 1. The first-order valence-corrected chi connectivity index (χ1v) is 6.47. The normalized spacial score (nSPS) is 19.6. The van der Waals surface area contributed by atoms with Gasteiger partial charge in [-0.1, -0.05) is 0 Å². The number of anilines is 1. The highest BCUT2D eigenvalue weighted by Gasteiger charge is 2.17. The van der Waals surface area contributed by atoms with Gasteiger partial charge in [0.1, 0.15) is 0 Å². The van der Waals surface area contributed by atoms with Crippen LogP contribution in [-0.4, -0.2) is 28.4 Å². The van der Waals surface area contributed by atoms with Crippen LogP contribution >= 0.6 is 11.8 Å². The number of nitrogens with zero attached hydrogens (tertiary/aromatic N) is 1. The fraction of sp³-hybridized carbons (Fsp3) is 0.455. The molecule has 2 rings (SSSR count). The molecule has 1 unspecified atom stereocenters. The lowest BCUT2D eigenvalue weighted by Crippen LogP contribution is -2.35. The van der Waals surface area contributed by atoms with Crippen molar-refractivity contribution in [2.24, 2.45) is 0 Å². The van der Waals surface area contributed by atoms with Crippen LogP contribution in [0.25, 0.3) is 0 Å². The zero-order valence-corrected chi connectivity index (χ0v) is 9.80. The van der Waals surface area contributed by atoms with E-state index in [1.54, 1.807) is 18.3 Å². The molecule has 0 bridgehead atoms. The molecule has 0 radical (unpaired) electrons. The van der Waals surface area contributed by atoms with Crippen molar-refractivity contribution in [2.45, 2.75) is 18.9 Å². The molecule has 1 aliphatic rings. The van der Waals surface area contributed by atoms with E-state index >= 15 is 0 Å². The van der Waals surface area contributed by atoms with Gasteiger partial charge in [-0.25, -0.2) is 0 Å². The standard InChI is InChI=1S/C11H15N3OS/c12-8-1-2-9(13-6-8)5-11(15)14-10-3-4-16-7-10/h1-2,6,10H,3-5,7,12H2,(H,14,15). The Morgan fingerprint density at radius 3 is 3.12 bits per heavy atom. The molecule has 4 nitrogen and oxygen atoms in total. The van der Waals surface area contributed by atoms with E-state index < -0.39 is 0 Å². The van der Waals surface area contributed by atoms with E-state index in [2.05, 4.69) is 10.3 Å². The van der Waals surface area contributed by atoms with E-state index in [0.717, 1.165) is 23.6 Å². The highest BCUT2D eigenvalue weighted by Crippen LogP contribution is 2.17. The van der Waals surface area contributed by atoms with Crippen molar-refractivity contribution in [2.75, 3.05) is 17.2 Å². The minimum absolute atomic E-state index is 0.0461. The second-order valence-corrected chi connectivity index (χ2v) is 5.04. The number of nitrogens with two attached hydrogens (primary N) is 1. The molecule has 3 N–H and O–H groups in total. The number of hydrogen-bond donors (Lipinski definition) is 2. The van der Waals surface area contributed by atoms with Crippen molar-refractivity contribution in [1.29, 1.82) is 0 Å². The van der Waals surface area contributed by atoms with Gasteiger partial charge in [-0.05, 0) is 24.3 Å². The molecular weight excluding hydrogens is 222 g/mol. The third kappa shape index (κ3) is 3.13. The van der Waals surface area contributed by atoms with Gasteiger partial charge >= 0.3 is 0 Å². The summed E-state index contributed by atoms with van der Waals surface area (Å²) in [7, 11) is 0. The van der Waals surface area contributed by atoms with Gasteiger partial charge in [0.15, 0.2) is 0 Å². The predicted octanol–water partition coefficient (Wildman–Crippen LogP) is 0.828. The van der Waals surface area contributed by atoms with E-state index in [0.29, 0.717) is 18.2 Å². The number of amides is 1.